The van der Waals surface area contributed by atoms with Gasteiger partial charge < -0.3 is 14.4 Å². The Morgan fingerprint density at radius 1 is 0.971 bits per heavy atom. The summed E-state index contributed by atoms with van der Waals surface area (Å²) in [5.74, 6) is 1.74. The molecule has 0 N–H and O–H groups in total. The van der Waals surface area contributed by atoms with Gasteiger partial charge in [-0.05, 0) is 61.6 Å². The Hall–Kier alpha value is -3.09. The van der Waals surface area contributed by atoms with Crippen LogP contribution >= 0.6 is 0 Å². The summed E-state index contributed by atoms with van der Waals surface area (Å²) in [6, 6.07) is 9.89. The van der Waals surface area contributed by atoms with Gasteiger partial charge in [-0.1, -0.05) is 31.9 Å². The maximum absolute atomic E-state index is 13.2. The molecule has 2 saturated heterocycles. The summed E-state index contributed by atoms with van der Waals surface area (Å²) in [5.41, 5.74) is 3.55. The highest BCUT2D eigenvalue weighted by atomic mass is 16.2. The number of anilines is 2. The summed E-state index contributed by atoms with van der Waals surface area (Å²) in [6.07, 6.45) is 12.0. The first-order chi connectivity index (χ1) is 17.1. The minimum atomic E-state index is -0.0218. The van der Waals surface area contributed by atoms with Crippen LogP contribution in [-0.4, -0.2) is 39.5 Å². The molecule has 1 amide bonds. The highest BCUT2D eigenvalue weighted by Crippen LogP contribution is 2.53. The number of hydrogen-bond donors (Lipinski definition) is 0. The number of unbranched alkanes of at least 4 members (excludes halogenated alkanes) is 2. The van der Waals surface area contributed by atoms with Gasteiger partial charge in [0.05, 0.1) is 5.69 Å². The van der Waals surface area contributed by atoms with E-state index in [1.807, 2.05) is 23.2 Å². The molecule has 1 aromatic carbocycles. The predicted octanol–water partition coefficient (Wildman–Crippen LogP) is 4.86. The van der Waals surface area contributed by atoms with Crippen LogP contribution in [0, 0.1) is 5.41 Å². The van der Waals surface area contributed by atoms with Crippen molar-refractivity contribution in [3.8, 4) is 11.3 Å². The van der Waals surface area contributed by atoms with Crippen LogP contribution in [0.1, 0.15) is 64.7 Å². The molecule has 6 rings (SSSR count). The SMILES string of the molecule is CCCCCn1c(-c2ccc(N3CCCC3=O)cc2)cn2c(=O)cc(N3CCC4(CC3)CC4)nc12. The Morgan fingerprint density at radius 2 is 1.74 bits per heavy atom. The standard InChI is InChI=1S/C28H35N5O2/c1-2-3-4-15-32-23(21-7-9-22(10-8-21)31-16-5-6-25(31)34)20-33-26(35)19-24(29-27(32)33)30-17-13-28(11-12-28)14-18-30/h7-10,19-20H,2-6,11-18H2,1H3. The van der Waals surface area contributed by atoms with Gasteiger partial charge in [-0.2, -0.15) is 4.98 Å². The molecule has 2 aromatic heterocycles. The second-order valence-electron chi connectivity index (χ2n) is 10.7. The number of piperidine rings is 1. The van der Waals surface area contributed by atoms with Gasteiger partial charge in [0.2, 0.25) is 11.7 Å². The number of carbonyl (C=O) groups excluding carboxylic acids is 1. The van der Waals surface area contributed by atoms with Crippen LogP contribution in [-0.2, 0) is 11.3 Å². The Kier molecular flexibility index (Phi) is 5.66. The number of aryl methyl sites for hydroxylation is 1. The molecular weight excluding hydrogens is 438 g/mol. The molecule has 1 saturated carbocycles. The lowest BCUT2D eigenvalue weighted by Gasteiger charge is -2.32. The van der Waals surface area contributed by atoms with Crippen LogP contribution in [0.15, 0.2) is 41.3 Å². The Balaban J connectivity index is 1.36. The fourth-order valence-corrected chi connectivity index (χ4v) is 5.83. The summed E-state index contributed by atoms with van der Waals surface area (Å²) in [4.78, 5) is 34.6. The van der Waals surface area contributed by atoms with Gasteiger partial charge in [-0.15, -0.1) is 0 Å². The average molecular weight is 474 g/mol. The van der Waals surface area contributed by atoms with Crippen LogP contribution in [0.4, 0.5) is 11.5 Å². The van der Waals surface area contributed by atoms with Gasteiger partial charge in [0.25, 0.3) is 5.56 Å². The molecule has 1 aliphatic carbocycles. The van der Waals surface area contributed by atoms with Gasteiger partial charge in [0, 0.05) is 50.6 Å². The molecule has 0 bridgehead atoms. The minimum absolute atomic E-state index is 0.0218. The number of fused-ring (bicyclic) bond motifs is 1. The lowest BCUT2D eigenvalue weighted by Crippen LogP contribution is -2.36. The fourth-order valence-electron chi connectivity index (χ4n) is 5.83. The highest BCUT2D eigenvalue weighted by Gasteiger charge is 2.44. The number of aromatic nitrogens is 3. The van der Waals surface area contributed by atoms with Crippen LogP contribution in [0.5, 0.6) is 0 Å². The van der Waals surface area contributed by atoms with Gasteiger partial charge in [0.1, 0.15) is 5.82 Å². The quantitative estimate of drug-likeness (QED) is 0.460. The van der Waals surface area contributed by atoms with Crippen molar-refractivity contribution in [3.63, 3.8) is 0 Å². The highest BCUT2D eigenvalue weighted by molar-refractivity contribution is 5.95. The monoisotopic (exact) mass is 473 g/mol. The van der Waals surface area contributed by atoms with Crippen LogP contribution < -0.4 is 15.4 Å². The molecule has 0 radical (unpaired) electrons. The third kappa shape index (κ3) is 4.15. The predicted molar refractivity (Wildman–Crippen MR) is 139 cm³/mol. The van der Waals surface area contributed by atoms with E-state index in [0.29, 0.717) is 11.8 Å². The van der Waals surface area contributed by atoms with Gasteiger partial charge >= 0.3 is 0 Å². The van der Waals surface area contributed by atoms with E-state index in [9.17, 15) is 9.59 Å². The molecule has 3 aromatic rings. The van der Waals surface area contributed by atoms with E-state index >= 15 is 0 Å². The van der Waals surface area contributed by atoms with Crippen molar-refractivity contribution >= 4 is 23.2 Å². The summed E-state index contributed by atoms with van der Waals surface area (Å²) < 4.78 is 3.91. The van der Waals surface area contributed by atoms with Crippen LogP contribution in [0.3, 0.4) is 0 Å². The number of carbonyl (C=O) groups is 1. The van der Waals surface area contributed by atoms with E-state index in [4.69, 9.17) is 4.98 Å². The third-order valence-electron chi connectivity index (χ3n) is 8.34. The molecule has 4 heterocycles. The number of amides is 1. The van der Waals surface area contributed by atoms with E-state index in [0.717, 1.165) is 80.4 Å². The zero-order chi connectivity index (χ0) is 24.0. The molecule has 7 nitrogen and oxygen atoms in total. The van der Waals surface area contributed by atoms with Crippen molar-refractivity contribution in [2.75, 3.05) is 29.4 Å². The number of nitrogens with zero attached hydrogens (tertiary/aromatic N) is 5. The largest absolute Gasteiger partial charge is 0.356 e. The molecule has 2 aliphatic heterocycles. The molecule has 3 fully saturated rings. The first-order valence-electron chi connectivity index (χ1n) is 13.4. The number of hydrogen-bond acceptors (Lipinski definition) is 4. The zero-order valence-electron chi connectivity index (χ0n) is 20.7. The van der Waals surface area contributed by atoms with Crippen molar-refractivity contribution in [2.24, 2.45) is 5.41 Å². The molecule has 184 valence electrons. The van der Waals surface area contributed by atoms with Crippen LogP contribution in [0.25, 0.3) is 17.0 Å². The summed E-state index contributed by atoms with van der Waals surface area (Å²) in [5, 5.41) is 0. The second kappa shape index (κ2) is 8.85. The van der Waals surface area contributed by atoms with E-state index < -0.39 is 0 Å². The van der Waals surface area contributed by atoms with Crippen molar-refractivity contribution in [2.45, 2.75) is 71.3 Å². The molecule has 3 aliphatic rings. The van der Waals surface area contributed by atoms with E-state index in [2.05, 4.69) is 28.5 Å². The Morgan fingerprint density at radius 3 is 2.40 bits per heavy atom. The molecule has 0 atom stereocenters. The zero-order valence-corrected chi connectivity index (χ0v) is 20.7. The smallest absolute Gasteiger partial charge is 0.261 e. The average Bonchev–Trinajstić information content (AvgIpc) is 3.30. The lowest BCUT2D eigenvalue weighted by atomic mass is 9.94. The van der Waals surface area contributed by atoms with Crippen molar-refractivity contribution in [1.82, 2.24) is 14.0 Å². The first kappa shape index (κ1) is 22.4. The molecule has 0 unspecified atom stereocenters. The summed E-state index contributed by atoms with van der Waals surface area (Å²) >= 11 is 0. The number of imidazole rings is 1. The molecular formula is C28H35N5O2. The van der Waals surface area contributed by atoms with Gasteiger partial charge in [0.15, 0.2) is 0 Å². The minimum Gasteiger partial charge on any atom is -0.356 e. The number of rotatable bonds is 7. The van der Waals surface area contributed by atoms with E-state index in [-0.39, 0.29) is 11.5 Å². The summed E-state index contributed by atoms with van der Waals surface area (Å²) in [7, 11) is 0. The third-order valence-corrected chi connectivity index (χ3v) is 8.34. The second-order valence-corrected chi connectivity index (χ2v) is 10.7. The van der Waals surface area contributed by atoms with E-state index in [1.54, 1.807) is 10.5 Å². The van der Waals surface area contributed by atoms with E-state index in [1.165, 1.54) is 25.7 Å². The molecule has 35 heavy (non-hydrogen) atoms. The molecule has 7 heteroatoms. The van der Waals surface area contributed by atoms with Crippen molar-refractivity contribution in [1.29, 1.82) is 0 Å². The van der Waals surface area contributed by atoms with Crippen LogP contribution in [0.2, 0.25) is 0 Å². The van der Waals surface area contributed by atoms with Crippen molar-refractivity contribution < 1.29 is 4.79 Å². The fraction of sp³-hybridized carbons (Fsp3) is 0.536. The van der Waals surface area contributed by atoms with Gasteiger partial charge in [-0.3, -0.25) is 14.0 Å². The normalized spacial score (nSPS) is 19.3. The Bertz CT molecular complexity index is 1290. The van der Waals surface area contributed by atoms with Crippen molar-refractivity contribution in [3.05, 3.63) is 46.9 Å². The topological polar surface area (TPSA) is 62.9 Å². The summed E-state index contributed by atoms with van der Waals surface area (Å²) in [6.45, 7) is 5.79. The lowest BCUT2D eigenvalue weighted by molar-refractivity contribution is -0.117. The Labute approximate surface area is 206 Å². The van der Waals surface area contributed by atoms with Gasteiger partial charge in [-0.25, -0.2) is 0 Å². The molecule has 1 spiro atoms. The number of benzene rings is 1. The first-order valence-corrected chi connectivity index (χ1v) is 13.4. The maximum Gasteiger partial charge on any atom is 0.261 e. The maximum atomic E-state index is 13.2.